The van der Waals surface area contributed by atoms with E-state index in [1.165, 1.54) is 12.1 Å². The number of ether oxygens (including phenoxy) is 1. The van der Waals surface area contributed by atoms with Gasteiger partial charge in [-0.1, -0.05) is 91.0 Å². The molecular formula is C32H31FN2O3. The molecule has 6 heteroatoms. The van der Waals surface area contributed by atoms with E-state index in [1.807, 2.05) is 84.9 Å². The van der Waals surface area contributed by atoms with Crippen LogP contribution in [0.1, 0.15) is 22.3 Å². The van der Waals surface area contributed by atoms with E-state index in [2.05, 4.69) is 5.32 Å². The minimum absolute atomic E-state index is 0.146. The average Bonchev–Trinajstić information content (AvgIpc) is 2.95. The maximum Gasteiger partial charge on any atom is 0.243 e. The van der Waals surface area contributed by atoms with Gasteiger partial charge in [-0.05, 0) is 34.9 Å². The fraction of sp³-hybridized carbons (Fsp3) is 0.188. The first-order valence-electron chi connectivity index (χ1n) is 12.5. The Hall–Kier alpha value is -4.45. The van der Waals surface area contributed by atoms with E-state index in [0.29, 0.717) is 12.2 Å². The number of carbonyl (C=O) groups is 2. The number of methoxy groups -OCH3 is 1. The first kappa shape index (κ1) is 26.6. The number of halogens is 1. The molecule has 4 aromatic carbocycles. The predicted octanol–water partition coefficient (Wildman–Crippen LogP) is 5.33. The second-order valence-corrected chi connectivity index (χ2v) is 9.05. The van der Waals surface area contributed by atoms with Crippen LogP contribution in [-0.4, -0.2) is 29.9 Å². The highest BCUT2D eigenvalue weighted by molar-refractivity contribution is 5.88. The van der Waals surface area contributed by atoms with E-state index in [9.17, 15) is 14.0 Å². The van der Waals surface area contributed by atoms with Crippen molar-refractivity contribution in [3.63, 3.8) is 0 Å². The average molecular weight is 511 g/mol. The monoisotopic (exact) mass is 510 g/mol. The molecule has 1 atom stereocenters. The molecule has 38 heavy (non-hydrogen) atoms. The highest BCUT2D eigenvalue weighted by atomic mass is 19.1. The molecule has 0 spiro atoms. The highest BCUT2D eigenvalue weighted by Crippen LogP contribution is 2.19. The minimum Gasteiger partial charge on any atom is -0.496 e. The molecule has 0 fully saturated rings. The minimum atomic E-state index is -0.784. The largest absolute Gasteiger partial charge is 0.496 e. The van der Waals surface area contributed by atoms with Gasteiger partial charge >= 0.3 is 0 Å². The Balaban J connectivity index is 1.65. The fourth-order valence-corrected chi connectivity index (χ4v) is 4.36. The second kappa shape index (κ2) is 13.2. The van der Waals surface area contributed by atoms with Gasteiger partial charge in [-0.15, -0.1) is 0 Å². The fourth-order valence-electron chi connectivity index (χ4n) is 4.36. The van der Waals surface area contributed by atoms with Gasteiger partial charge in [-0.3, -0.25) is 9.59 Å². The molecule has 0 saturated heterocycles. The number of hydrogen-bond donors (Lipinski definition) is 1. The summed E-state index contributed by atoms with van der Waals surface area (Å²) in [6.07, 6.45) is 0.480. The molecular weight excluding hydrogens is 479 g/mol. The van der Waals surface area contributed by atoms with Gasteiger partial charge in [0.25, 0.3) is 0 Å². The topological polar surface area (TPSA) is 58.6 Å². The van der Waals surface area contributed by atoms with Crippen molar-refractivity contribution >= 4 is 11.8 Å². The summed E-state index contributed by atoms with van der Waals surface area (Å²) >= 11 is 0. The smallest absolute Gasteiger partial charge is 0.243 e. The standard InChI is InChI=1S/C32H31FN2O3/c1-38-30-15-9-8-14-27(30)22-34-32(37)29(20-24-10-4-2-5-11-24)35(23-26-16-18-28(33)19-17-26)31(36)21-25-12-6-3-7-13-25/h2-19,29H,20-23H2,1H3,(H,34,37)/t29-/m1/s1. The Labute approximate surface area is 222 Å². The molecule has 0 radical (unpaired) electrons. The molecule has 0 aliphatic rings. The second-order valence-electron chi connectivity index (χ2n) is 9.05. The molecule has 0 saturated carbocycles. The van der Waals surface area contributed by atoms with Crippen LogP contribution in [0.2, 0.25) is 0 Å². The third-order valence-electron chi connectivity index (χ3n) is 6.38. The van der Waals surface area contributed by atoms with E-state index in [-0.39, 0.29) is 37.1 Å². The van der Waals surface area contributed by atoms with Crippen molar-refractivity contribution < 1.29 is 18.7 Å². The van der Waals surface area contributed by atoms with Gasteiger partial charge < -0.3 is 15.0 Å². The van der Waals surface area contributed by atoms with Gasteiger partial charge in [0, 0.05) is 25.1 Å². The summed E-state index contributed by atoms with van der Waals surface area (Å²) in [7, 11) is 1.59. The molecule has 1 N–H and O–H groups in total. The van der Waals surface area contributed by atoms with E-state index < -0.39 is 6.04 Å². The Morgan fingerprint density at radius 3 is 2.05 bits per heavy atom. The molecule has 0 aliphatic heterocycles. The van der Waals surface area contributed by atoms with Crippen molar-refractivity contribution in [2.24, 2.45) is 0 Å². The lowest BCUT2D eigenvalue weighted by Crippen LogP contribution is -2.50. The van der Waals surface area contributed by atoms with Crippen molar-refractivity contribution in [3.8, 4) is 5.75 Å². The predicted molar refractivity (Wildman–Crippen MR) is 146 cm³/mol. The Bertz CT molecular complexity index is 1330. The summed E-state index contributed by atoms with van der Waals surface area (Å²) in [5, 5.41) is 3.02. The quantitative estimate of drug-likeness (QED) is 0.297. The molecule has 0 bridgehead atoms. The van der Waals surface area contributed by atoms with E-state index in [1.54, 1.807) is 24.1 Å². The number of amides is 2. The number of nitrogens with zero attached hydrogens (tertiary/aromatic N) is 1. The SMILES string of the molecule is COc1ccccc1CNC(=O)[C@@H](Cc1ccccc1)N(Cc1ccc(F)cc1)C(=O)Cc1ccccc1. The number of carbonyl (C=O) groups excluding carboxylic acids is 2. The molecule has 0 unspecified atom stereocenters. The van der Waals surface area contributed by atoms with Crippen LogP contribution in [-0.2, 0) is 35.5 Å². The van der Waals surface area contributed by atoms with Gasteiger partial charge in [0.1, 0.15) is 17.6 Å². The molecule has 5 nitrogen and oxygen atoms in total. The summed E-state index contributed by atoms with van der Waals surface area (Å²) in [4.78, 5) is 29.1. The summed E-state index contributed by atoms with van der Waals surface area (Å²) in [5.74, 6) is -0.140. The van der Waals surface area contributed by atoms with Crippen molar-refractivity contribution in [2.75, 3.05) is 7.11 Å². The van der Waals surface area contributed by atoms with Gasteiger partial charge in [0.2, 0.25) is 11.8 Å². The maximum atomic E-state index is 13.8. The van der Waals surface area contributed by atoms with Crippen LogP contribution < -0.4 is 10.1 Å². The Morgan fingerprint density at radius 2 is 1.39 bits per heavy atom. The number of nitrogens with one attached hydrogen (secondary N) is 1. The van der Waals surface area contributed by atoms with Crippen LogP contribution >= 0.6 is 0 Å². The summed E-state index contributed by atoms with van der Waals surface area (Å²) in [5.41, 5.74) is 3.36. The van der Waals surface area contributed by atoms with Gasteiger partial charge in [-0.2, -0.15) is 0 Å². The van der Waals surface area contributed by atoms with Crippen molar-refractivity contribution in [2.45, 2.75) is 32.0 Å². The zero-order chi connectivity index (χ0) is 26.7. The summed E-state index contributed by atoms with van der Waals surface area (Å²) in [6, 6.07) is 31.8. The molecule has 194 valence electrons. The number of hydrogen-bond acceptors (Lipinski definition) is 3. The van der Waals surface area contributed by atoms with Crippen molar-refractivity contribution in [1.29, 1.82) is 0 Å². The molecule has 2 amide bonds. The van der Waals surface area contributed by atoms with Gasteiger partial charge in [-0.25, -0.2) is 4.39 Å². The summed E-state index contributed by atoms with van der Waals surface area (Å²) in [6.45, 7) is 0.428. The number of para-hydroxylation sites is 1. The first-order valence-corrected chi connectivity index (χ1v) is 12.5. The molecule has 4 rings (SSSR count). The zero-order valence-corrected chi connectivity index (χ0v) is 21.3. The number of benzene rings is 4. The highest BCUT2D eigenvalue weighted by Gasteiger charge is 2.30. The first-order chi connectivity index (χ1) is 18.5. The van der Waals surface area contributed by atoms with Gasteiger partial charge in [0.05, 0.1) is 13.5 Å². The Morgan fingerprint density at radius 1 is 0.789 bits per heavy atom. The lowest BCUT2D eigenvalue weighted by atomic mass is 10.0. The number of rotatable bonds is 11. The van der Waals surface area contributed by atoms with E-state index in [0.717, 1.165) is 22.3 Å². The normalized spacial score (nSPS) is 11.4. The lowest BCUT2D eigenvalue weighted by Gasteiger charge is -2.32. The van der Waals surface area contributed by atoms with Crippen molar-refractivity contribution in [1.82, 2.24) is 10.2 Å². The molecule has 4 aromatic rings. The zero-order valence-electron chi connectivity index (χ0n) is 21.3. The maximum absolute atomic E-state index is 13.8. The summed E-state index contributed by atoms with van der Waals surface area (Å²) < 4.78 is 19.0. The van der Waals surface area contributed by atoms with Crippen molar-refractivity contribution in [3.05, 3.63) is 137 Å². The van der Waals surface area contributed by atoms with Crippen LogP contribution in [0.25, 0.3) is 0 Å². The molecule has 0 heterocycles. The third kappa shape index (κ3) is 7.29. The van der Waals surface area contributed by atoms with Crippen LogP contribution in [0.4, 0.5) is 4.39 Å². The van der Waals surface area contributed by atoms with Gasteiger partial charge in [0.15, 0.2) is 0 Å². The Kier molecular flexibility index (Phi) is 9.24. The van der Waals surface area contributed by atoms with Crippen LogP contribution in [0, 0.1) is 5.82 Å². The third-order valence-corrected chi connectivity index (χ3v) is 6.38. The van der Waals surface area contributed by atoms with Crippen LogP contribution in [0.15, 0.2) is 109 Å². The van der Waals surface area contributed by atoms with E-state index >= 15 is 0 Å². The van der Waals surface area contributed by atoms with Crippen LogP contribution in [0.3, 0.4) is 0 Å². The molecule has 0 aromatic heterocycles. The lowest BCUT2D eigenvalue weighted by molar-refractivity contribution is -0.140. The van der Waals surface area contributed by atoms with Crippen LogP contribution in [0.5, 0.6) is 5.75 Å². The van der Waals surface area contributed by atoms with E-state index in [4.69, 9.17) is 4.74 Å². The molecule has 0 aliphatic carbocycles.